The second kappa shape index (κ2) is 7.39. The van der Waals surface area contributed by atoms with E-state index in [0.717, 1.165) is 25.6 Å². The summed E-state index contributed by atoms with van der Waals surface area (Å²) in [6, 6.07) is 9.79. The van der Waals surface area contributed by atoms with Gasteiger partial charge in [-0.2, -0.15) is 0 Å². The molecule has 1 aromatic rings. The molecule has 2 heterocycles. The van der Waals surface area contributed by atoms with Crippen LogP contribution in [0.3, 0.4) is 0 Å². The summed E-state index contributed by atoms with van der Waals surface area (Å²) < 4.78 is 0. The van der Waals surface area contributed by atoms with Gasteiger partial charge in [0, 0.05) is 32.2 Å². The molecule has 1 aromatic carbocycles. The zero-order valence-corrected chi connectivity index (χ0v) is 13.4. The van der Waals surface area contributed by atoms with Crippen molar-refractivity contribution in [2.45, 2.75) is 38.3 Å². The summed E-state index contributed by atoms with van der Waals surface area (Å²) in [5.74, 6) is 0. The van der Waals surface area contributed by atoms with E-state index in [1.807, 2.05) is 7.05 Å². The van der Waals surface area contributed by atoms with Gasteiger partial charge in [0.1, 0.15) is 0 Å². The molecule has 0 aromatic heterocycles. The van der Waals surface area contributed by atoms with Gasteiger partial charge < -0.3 is 5.32 Å². The highest BCUT2D eigenvalue weighted by Crippen LogP contribution is 2.22. The molecule has 3 nitrogen and oxygen atoms in total. The summed E-state index contributed by atoms with van der Waals surface area (Å²) >= 11 is 0. The lowest BCUT2D eigenvalue weighted by Crippen LogP contribution is -2.54. The molecular weight excluding hydrogens is 258 g/mol. The normalized spacial score (nSPS) is 24.0. The van der Waals surface area contributed by atoms with Crippen molar-refractivity contribution in [3.05, 3.63) is 35.4 Å². The maximum absolute atomic E-state index is 3.26. The molecule has 0 amide bonds. The van der Waals surface area contributed by atoms with Crippen molar-refractivity contribution in [1.82, 2.24) is 15.1 Å². The molecule has 0 radical (unpaired) electrons. The number of hydrogen-bond acceptors (Lipinski definition) is 3. The largest absolute Gasteiger partial charge is 0.319 e. The molecular formula is C18H29N3. The highest BCUT2D eigenvalue weighted by Gasteiger charge is 2.28. The van der Waals surface area contributed by atoms with Crippen LogP contribution in [-0.4, -0.2) is 55.6 Å². The maximum Gasteiger partial charge on any atom is 0.0237 e. The summed E-state index contributed by atoms with van der Waals surface area (Å²) in [5, 5.41) is 3.26. The Bertz CT molecular complexity index is 446. The van der Waals surface area contributed by atoms with E-state index >= 15 is 0 Å². The Morgan fingerprint density at radius 1 is 1.10 bits per heavy atom. The van der Waals surface area contributed by atoms with Crippen LogP contribution in [0, 0.1) is 0 Å². The maximum atomic E-state index is 3.26. The van der Waals surface area contributed by atoms with Gasteiger partial charge in [-0.25, -0.2) is 0 Å². The molecule has 0 bridgehead atoms. The molecule has 3 rings (SSSR count). The number of rotatable bonds is 5. The lowest BCUT2D eigenvalue weighted by molar-refractivity contribution is 0.0456. The summed E-state index contributed by atoms with van der Waals surface area (Å²) in [7, 11) is 2.03. The van der Waals surface area contributed by atoms with E-state index in [-0.39, 0.29) is 0 Å². The minimum absolute atomic E-state index is 0.817. The molecule has 2 fully saturated rings. The van der Waals surface area contributed by atoms with Gasteiger partial charge in [0.25, 0.3) is 0 Å². The summed E-state index contributed by atoms with van der Waals surface area (Å²) in [5.41, 5.74) is 3.04. The first-order chi connectivity index (χ1) is 10.4. The van der Waals surface area contributed by atoms with Crippen molar-refractivity contribution in [2.75, 3.05) is 39.8 Å². The predicted octanol–water partition coefficient (Wildman–Crippen LogP) is 2.12. The Hall–Kier alpha value is -0.900. The number of piperidine rings is 1. The van der Waals surface area contributed by atoms with Crippen molar-refractivity contribution < 1.29 is 0 Å². The van der Waals surface area contributed by atoms with Gasteiger partial charge in [-0.3, -0.25) is 9.80 Å². The van der Waals surface area contributed by atoms with Crippen molar-refractivity contribution in [3.8, 4) is 0 Å². The van der Waals surface area contributed by atoms with E-state index in [1.165, 1.54) is 56.6 Å². The first kappa shape index (κ1) is 15.0. The van der Waals surface area contributed by atoms with E-state index in [1.54, 1.807) is 0 Å². The van der Waals surface area contributed by atoms with Crippen LogP contribution in [0.4, 0.5) is 0 Å². The average Bonchev–Trinajstić information content (AvgIpc) is 2.54. The van der Waals surface area contributed by atoms with Crippen molar-refractivity contribution in [2.24, 2.45) is 0 Å². The van der Waals surface area contributed by atoms with Crippen LogP contribution < -0.4 is 5.32 Å². The highest BCUT2D eigenvalue weighted by molar-refractivity contribution is 5.27. The highest BCUT2D eigenvalue weighted by atomic mass is 15.3. The van der Waals surface area contributed by atoms with Crippen LogP contribution in [0.25, 0.3) is 0 Å². The van der Waals surface area contributed by atoms with Crippen LogP contribution in [0.2, 0.25) is 0 Å². The molecule has 1 unspecified atom stereocenters. The van der Waals surface area contributed by atoms with Crippen molar-refractivity contribution >= 4 is 0 Å². The third kappa shape index (κ3) is 3.85. The molecule has 1 atom stereocenters. The third-order valence-electron chi connectivity index (χ3n) is 5.08. The fraction of sp³-hybridized carbons (Fsp3) is 0.667. The molecule has 1 N–H and O–H groups in total. The van der Waals surface area contributed by atoms with Crippen molar-refractivity contribution in [3.63, 3.8) is 0 Å². The van der Waals surface area contributed by atoms with Gasteiger partial charge >= 0.3 is 0 Å². The lowest BCUT2D eigenvalue weighted by Gasteiger charge is -2.44. The molecule has 21 heavy (non-hydrogen) atoms. The Balaban J connectivity index is 1.61. The minimum Gasteiger partial charge on any atom is -0.319 e. The average molecular weight is 287 g/mol. The van der Waals surface area contributed by atoms with E-state index in [9.17, 15) is 0 Å². The van der Waals surface area contributed by atoms with Crippen LogP contribution in [0.1, 0.15) is 30.4 Å². The lowest BCUT2D eigenvalue weighted by atomic mass is 9.98. The SMILES string of the molecule is CNCCc1ccccc1CN1CCN2CCCCC2C1. The first-order valence-electron chi connectivity index (χ1n) is 8.54. The number of nitrogens with zero attached hydrogens (tertiary/aromatic N) is 2. The summed E-state index contributed by atoms with van der Waals surface area (Å²) in [6.07, 6.45) is 5.37. The summed E-state index contributed by atoms with van der Waals surface area (Å²) in [4.78, 5) is 5.39. The van der Waals surface area contributed by atoms with Gasteiger partial charge in [0.15, 0.2) is 0 Å². The standard InChI is InChI=1S/C18H29N3/c1-19-10-9-16-6-2-3-7-17(16)14-20-12-13-21-11-5-4-8-18(21)15-20/h2-3,6-7,18-19H,4-5,8-15H2,1H3. The third-order valence-corrected chi connectivity index (χ3v) is 5.08. The van der Waals surface area contributed by atoms with E-state index < -0.39 is 0 Å². The van der Waals surface area contributed by atoms with E-state index in [2.05, 4.69) is 39.4 Å². The van der Waals surface area contributed by atoms with E-state index in [0.29, 0.717) is 0 Å². The number of benzene rings is 1. The second-order valence-electron chi connectivity index (χ2n) is 6.54. The van der Waals surface area contributed by atoms with Gasteiger partial charge in [0.2, 0.25) is 0 Å². The van der Waals surface area contributed by atoms with Gasteiger partial charge in [-0.05, 0) is 50.5 Å². The first-order valence-corrected chi connectivity index (χ1v) is 8.54. The van der Waals surface area contributed by atoms with Crippen LogP contribution in [0.5, 0.6) is 0 Å². The Morgan fingerprint density at radius 2 is 1.95 bits per heavy atom. The fourth-order valence-electron chi connectivity index (χ4n) is 3.82. The predicted molar refractivity (Wildman–Crippen MR) is 88.6 cm³/mol. The van der Waals surface area contributed by atoms with E-state index in [4.69, 9.17) is 0 Å². The van der Waals surface area contributed by atoms with Crippen LogP contribution >= 0.6 is 0 Å². The monoisotopic (exact) mass is 287 g/mol. The molecule has 3 heteroatoms. The van der Waals surface area contributed by atoms with Gasteiger partial charge in [0.05, 0.1) is 0 Å². The minimum atomic E-state index is 0.817. The number of piperazine rings is 1. The smallest absolute Gasteiger partial charge is 0.0237 e. The molecule has 2 aliphatic rings. The van der Waals surface area contributed by atoms with Crippen molar-refractivity contribution in [1.29, 1.82) is 0 Å². The molecule has 0 saturated carbocycles. The number of hydrogen-bond donors (Lipinski definition) is 1. The second-order valence-corrected chi connectivity index (χ2v) is 6.54. The summed E-state index contributed by atoms with van der Waals surface area (Å²) in [6.45, 7) is 7.29. The number of nitrogens with one attached hydrogen (secondary N) is 1. The Morgan fingerprint density at radius 3 is 2.81 bits per heavy atom. The number of likely N-dealkylation sites (N-methyl/N-ethyl adjacent to an activating group) is 1. The van der Waals surface area contributed by atoms with Gasteiger partial charge in [-0.1, -0.05) is 30.7 Å². The zero-order chi connectivity index (χ0) is 14.5. The molecule has 0 aliphatic carbocycles. The molecule has 2 saturated heterocycles. The fourth-order valence-corrected chi connectivity index (χ4v) is 3.82. The molecule has 116 valence electrons. The topological polar surface area (TPSA) is 18.5 Å². The molecule has 2 aliphatic heterocycles. The Labute approximate surface area is 129 Å². The van der Waals surface area contributed by atoms with Gasteiger partial charge in [-0.15, -0.1) is 0 Å². The quantitative estimate of drug-likeness (QED) is 0.895. The van der Waals surface area contributed by atoms with Crippen LogP contribution in [0.15, 0.2) is 24.3 Å². The molecule has 0 spiro atoms. The Kier molecular flexibility index (Phi) is 5.28. The van der Waals surface area contributed by atoms with Crippen LogP contribution in [-0.2, 0) is 13.0 Å². The number of fused-ring (bicyclic) bond motifs is 1. The zero-order valence-electron chi connectivity index (χ0n) is 13.4.